The predicted octanol–water partition coefficient (Wildman–Crippen LogP) is 4.13. The Bertz CT molecular complexity index is 1350. The number of nitrogens with one attached hydrogen (secondary N) is 3. The summed E-state index contributed by atoms with van der Waals surface area (Å²) < 4.78 is 16.4. The number of methoxy groups -OCH3 is 1. The third-order valence-corrected chi connectivity index (χ3v) is 5.50. The number of nitrogens with zero attached hydrogens (tertiary/aromatic N) is 1. The zero-order valence-electron chi connectivity index (χ0n) is 22.6. The van der Waals surface area contributed by atoms with Crippen molar-refractivity contribution in [3.05, 3.63) is 76.9 Å². The lowest BCUT2D eigenvalue weighted by Crippen LogP contribution is -2.32. The Hall–Kier alpha value is -4.86. The van der Waals surface area contributed by atoms with Crippen LogP contribution in [0.5, 0.6) is 17.2 Å². The van der Waals surface area contributed by atoms with E-state index in [9.17, 15) is 14.4 Å². The SMILES string of the molecule is CCOc1cc(/C=N\NC(=O)C(=O)Nc2ccc(OC)cc2)ccc1OCC(=O)Nc1c(C)cc(C)cc1C. The lowest BCUT2D eigenvalue weighted by atomic mass is 10.1. The summed E-state index contributed by atoms with van der Waals surface area (Å²) in [7, 11) is 1.53. The maximum Gasteiger partial charge on any atom is 0.329 e. The molecule has 0 saturated heterocycles. The van der Waals surface area contributed by atoms with Gasteiger partial charge in [0.05, 0.1) is 19.9 Å². The molecule has 204 valence electrons. The van der Waals surface area contributed by atoms with Crippen LogP contribution in [0.2, 0.25) is 0 Å². The van der Waals surface area contributed by atoms with Crippen LogP contribution < -0.4 is 30.3 Å². The summed E-state index contributed by atoms with van der Waals surface area (Å²) in [5.74, 6) is -0.693. The first kappa shape index (κ1) is 28.7. The molecule has 0 radical (unpaired) electrons. The monoisotopic (exact) mass is 532 g/mol. The highest BCUT2D eigenvalue weighted by Gasteiger charge is 2.14. The van der Waals surface area contributed by atoms with Crippen molar-refractivity contribution >= 4 is 35.3 Å². The molecule has 0 heterocycles. The fourth-order valence-corrected chi connectivity index (χ4v) is 3.77. The van der Waals surface area contributed by atoms with E-state index in [0.717, 1.165) is 22.4 Å². The van der Waals surface area contributed by atoms with Crippen LogP contribution in [0.15, 0.2) is 59.7 Å². The van der Waals surface area contributed by atoms with Crippen LogP contribution in [-0.4, -0.2) is 44.3 Å². The number of hydrazone groups is 1. The van der Waals surface area contributed by atoms with E-state index in [1.165, 1.54) is 13.3 Å². The fraction of sp³-hybridized carbons (Fsp3) is 0.241. The Balaban J connectivity index is 1.57. The topological polar surface area (TPSA) is 127 Å². The van der Waals surface area contributed by atoms with Crippen LogP contribution in [0.4, 0.5) is 11.4 Å². The molecule has 0 aromatic heterocycles. The van der Waals surface area contributed by atoms with Crippen molar-refractivity contribution in [2.75, 3.05) is 31.0 Å². The largest absolute Gasteiger partial charge is 0.497 e. The van der Waals surface area contributed by atoms with Gasteiger partial charge in [-0.3, -0.25) is 14.4 Å². The summed E-state index contributed by atoms with van der Waals surface area (Å²) in [4.78, 5) is 36.7. The second kappa shape index (κ2) is 13.6. The molecule has 0 bridgehead atoms. The van der Waals surface area contributed by atoms with Crippen LogP contribution in [0, 0.1) is 20.8 Å². The van der Waals surface area contributed by atoms with Crippen LogP contribution in [0.1, 0.15) is 29.2 Å². The normalized spacial score (nSPS) is 10.6. The minimum absolute atomic E-state index is 0.209. The van der Waals surface area contributed by atoms with Gasteiger partial charge in [0.15, 0.2) is 18.1 Å². The standard InChI is InChI=1S/C29H32N4O6/c1-6-38-25-15-21(16-30-33-29(36)28(35)31-22-8-10-23(37-5)11-9-22)7-12-24(25)39-17-26(34)32-27-19(3)13-18(2)14-20(27)4/h7-16H,6,17H2,1-5H3,(H,31,35)(H,32,34)(H,33,36)/b30-16-. The van der Waals surface area contributed by atoms with E-state index in [4.69, 9.17) is 14.2 Å². The van der Waals surface area contributed by atoms with E-state index < -0.39 is 11.8 Å². The molecule has 0 aliphatic carbocycles. The molecule has 3 aromatic carbocycles. The Morgan fingerprint density at radius 2 is 1.54 bits per heavy atom. The lowest BCUT2D eigenvalue weighted by molar-refractivity contribution is -0.136. The summed E-state index contributed by atoms with van der Waals surface area (Å²) >= 11 is 0. The molecule has 0 aliphatic heterocycles. The van der Waals surface area contributed by atoms with Crippen molar-refractivity contribution in [2.24, 2.45) is 5.10 Å². The maximum absolute atomic E-state index is 12.5. The van der Waals surface area contributed by atoms with Crippen LogP contribution in [0.3, 0.4) is 0 Å². The second-order valence-corrected chi connectivity index (χ2v) is 8.63. The number of carbonyl (C=O) groups is 3. The van der Waals surface area contributed by atoms with Crippen molar-refractivity contribution in [1.82, 2.24) is 5.43 Å². The average Bonchev–Trinajstić information content (AvgIpc) is 2.90. The van der Waals surface area contributed by atoms with Crippen molar-refractivity contribution < 1.29 is 28.6 Å². The van der Waals surface area contributed by atoms with Gasteiger partial charge >= 0.3 is 11.8 Å². The van der Waals surface area contributed by atoms with E-state index in [2.05, 4.69) is 21.2 Å². The summed E-state index contributed by atoms with van der Waals surface area (Å²) in [6.45, 7) is 7.88. The third-order valence-electron chi connectivity index (χ3n) is 5.50. The zero-order chi connectivity index (χ0) is 28.4. The second-order valence-electron chi connectivity index (χ2n) is 8.63. The molecular weight excluding hydrogens is 500 g/mol. The number of hydrogen-bond acceptors (Lipinski definition) is 7. The number of anilines is 2. The van der Waals surface area contributed by atoms with E-state index in [1.54, 1.807) is 42.5 Å². The molecule has 0 atom stereocenters. The third kappa shape index (κ3) is 8.32. The Morgan fingerprint density at radius 3 is 2.18 bits per heavy atom. The number of aryl methyl sites for hydroxylation is 3. The number of rotatable bonds is 10. The predicted molar refractivity (Wildman–Crippen MR) is 150 cm³/mol. The molecule has 39 heavy (non-hydrogen) atoms. The highest BCUT2D eigenvalue weighted by Crippen LogP contribution is 2.28. The quantitative estimate of drug-likeness (QED) is 0.205. The van der Waals surface area contributed by atoms with Gasteiger partial charge in [-0.1, -0.05) is 17.7 Å². The average molecular weight is 533 g/mol. The minimum atomic E-state index is -0.933. The number of benzene rings is 3. The van der Waals surface area contributed by atoms with Gasteiger partial charge in [-0.05, 0) is 86.8 Å². The highest BCUT2D eigenvalue weighted by molar-refractivity contribution is 6.39. The fourth-order valence-electron chi connectivity index (χ4n) is 3.77. The molecule has 0 fully saturated rings. The number of hydrogen-bond donors (Lipinski definition) is 3. The first-order chi connectivity index (χ1) is 18.7. The molecule has 10 nitrogen and oxygen atoms in total. The summed E-state index contributed by atoms with van der Waals surface area (Å²) in [5.41, 5.74) is 7.05. The van der Waals surface area contributed by atoms with Crippen LogP contribution in [-0.2, 0) is 14.4 Å². The molecule has 3 amide bonds. The Kier molecular flexibility index (Phi) is 10.0. The van der Waals surface area contributed by atoms with E-state index in [0.29, 0.717) is 35.1 Å². The Labute approximate surface area is 227 Å². The van der Waals surface area contributed by atoms with E-state index in [-0.39, 0.29) is 12.5 Å². The first-order valence-electron chi connectivity index (χ1n) is 12.3. The molecular formula is C29H32N4O6. The van der Waals surface area contributed by atoms with Gasteiger partial charge in [0.1, 0.15) is 5.75 Å². The zero-order valence-corrected chi connectivity index (χ0v) is 22.6. The number of carbonyl (C=O) groups excluding carboxylic acids is 3. The lowest BCUT2D eigenvalue weighted by Gasteiger charge is -2.15. The van der Waals surface area contributed by atoms with Gasteiger partial charge in [0.25, 0.3) is 5.91 Å². The molecule has 0 saturated carbocycles. The molecule has 3 rings (SSSR count). The first-order valence-corrected chi connectivity index (χ1v) is 12.3. The van der Waals surface area contributed by atoms with Crippen molar-refractivity contribution in [3.63, 3.8) is 0 Å². The van der Waals surface area contributed by atoms with Crippen LogP contribution >= 0.6 is 0 Å². The van der Waals surface area contributed by atoms with Gasteiger partial charge in [0, 0.05) is 11.4 Å². The summed E-state index contributed by atoms with van der Waals surface area (Å²) in [6, 6.07) is 15.5. The van der Waals surface area contributed by atoms with Gasteiger partial charge in [-0.2, -0.15) is 5.10 Å². The van der Waals surface area contributed by atoms with Crippen molar-refractivity contribution in [2.45, 2.75) is 27.7 Å². The molecule has 3 N–H and O–H groups in total. The summed E-state index contributed by atoms with van der Waals surface area (Å²) in [6.07, 6.45) is 1.36. The van der Waals surface area contributed by atoms with Crippen LogP contribution in [0.25, 0.3) is 0 Å². The Morgan fingerprint density at radius 1 is 0.846 bits per heavy atom. The molecule has 10 heteroatoms. The highest BCUT2D eigenvalue weighted by atomic mass is 16.5. The summed E-state index contributed by atoms with van der Waals surface area (Å²) in [5, 5.41) is 9.21. The van der Waals surface area contributed by atoms with E-state index >= 15 is 0 Å². The molecule has 3 aromatic rings. The molecule has 0 aliphatic rings. The van der Waals surface area contributed by atoms with Gasteiger partial charge < -0.3 is 24.8 Å². The van der Waals surface area contributed by atoms with Gasteiger partial charge in [-0.15, -0.1) is 0 Å². The van der Waals surface area contributed by atoms with Gasteiger partial charge in [-0.25, -0.2) is 5.43 Å². The van der Waals surface area contributed by atoms with Crippen molar-refractivity contribution in [3.8, 4) is 17.2 Å². The molecule has 0 spiro atoms. The molecule has 0 unspecified atom stereocenters. The minimum Gasteiger partial charge on any atom is -0.497 e. The smallest absolute Gasteiger partial charge is 0.329 e. The van der Waals surface area contributed by atoms with Gasteiger partial charge in [0.2, 0.25) is 0 Å². The maximum atomic E-state index is 12.5. The number of amides is 3. The number of ether oxygens (including phenoxy) is 3. The van der Waals surface area contributed by atoms with Crippen molar-refractivity contribution in [1.29, 1.82) is 0 Å². The van der Waals surface area contributed by atoms with E-state index in [1.807, 2.05) is 39.8 Å².